The molecular formula is C19H24N2O5S. The molecule has 0 aliphatic rings. The van der Waals surface area contributed by atoms with Gasteiger partial charge in [-0.05, 0) is 48.9 Å². The van der Waals surface area contributed by atoms with Crippen molar-refractivity contribution >= 4 is 21.6 Å². The Bertz CT molecular complexity index is 864. The van der Waals surface area contributed by atoms with Gasteiger partial charge in [0.15, 0.2) is 6.61 Å². The van der Waals surface area contributed by atoms with Crippen molar-refractivity contribution in [2.45, 2.75) is 13.0 Å². The number of nitrogens with one attached hydrogen (secondary N) is 1. The molecule has 0 unspecified atom stereocenters. The molecule has 0 aliphatic carbocycles. The molecule has 1 N–H and O–H groups in total. The number of ether oxygens (including phenoxy) is 2. The number of hydrogen-bond acceptors (Lipinski definition) is 5. The molecule has 0 aliphatic heterocycles. The number of methoxy groups -OCH3 is 1. The predicted molar refractivity (Wildman–Crippen MR) is 105 cm³/mol. The maximum absolute atomic E-state index is 12.1. The van der Waals surface area contributed by atoms with Crippen LogP contribution in [0, 0.1) is 0 Å². The highest BCUT2D eigenvalue weighted by Crippen LogP contribution is 2.20. The second-order valence-corrected chi connectivity index (χ2v) is 8.09. The quantitative estimate of drug-likeness (QED) is 0.745. The van der Waals surface area contributed by atoms with Crippen LogP contribution in [0.25, 0.3) is 0 Å². The Kier molecular flexibility index (Phi) is 6.68. The number of benzene rings is 2. The first-order valence-corrected chi connectivity index (χ1v) is 10.2. The van der Waals surface area contributed by atoms with Crippen LogP contribution in [0.2, 0.25) is 0 Å². The van der Waals surface area contributed by atoms with Gasteiger partial charge in [0.05, 0.1) is 25.1 Å². The summed E-state index contributed by atoms with van der Waals surface area (Å²) in [6.07, 6.45) is 1.13. The van der Waals surface area contributed by atoms with Gasteiger partial charge in [-0.2, -0.15) is 0 Å². The van der Waals surface area contributed by atoms with E-state index in [4.69, 9.17) is 9.47 Å². The van der Waals surface area contributed by atoms with Gasteiger partial charge in [-0.1, -0.05) is 12.1 Å². The topological polar surface area (TPSA) is 84.9 Å². The van der Waals surface area contributed by atoms with E-state index >= 15 is 0 Å². The van der Waals surface area contributed by atoms with Gasteiger partial charge in [-0.25, -0.2) is 8.42 Å². The predicted octanol–water partition coefficient (Wildman–Crippen LogP) is 2.35. The molecule has 7 nitrogen and oxygen atoms in total. The van der Waals surface area contributed by atoms with Gasteiger partial charge in [-0.15, -0.1) is 0 Å². The van der Waals surface area contributed by atoms with Crippen LogP contribution in [0.5, 0.6) is 11.5 Å². The monoisotopic (exact) mass is 392 g/mol. The van der Waals surface area contributed by atoms with Crippen LogP contribution >= 0.6 is 0 Å². The maximum atomic E-state index is 12.1. The minimum Gasteiger partial charge on any atom is -0.497 e. The Balaban J connectivity index is 1.87. The Morgan fingerprint density at radius 3 is 2.15 bits per heavy atom. The zero-order valence-corrected chi connectivity index (χ0v) is 16.6. The van der Waals surface area contributed by atoms with E-state index in [1.165, 1.54) is 11.4 Å². The van der Waals surface area contributed by atoms with Crippen LogP contribution in [-0.2, 0) is 14.8 Å². The fourth-order valence-corrected chi connectivity index (χ4v) is 2.86. The van der Waals surface area contributed by atoms with Crippen molar-refractivity contribution in [2.24, 2.45) is 0 Å². The Labute approximate surface area is 160 Å². The number of hydrogen-bond donors (Lipinski definition) is 1. The minimum atomic E-state index is -3.32. The van der Waals surface area contributed by atoms with Gasteiger partial charge >= 0.3 is 0 Å². The summed E-state index contributed by atoms with van der Waals surface area (Å²) in [4.78, 5) is 12.1. The minimum absolute atomic E-state index is 0.137. The Morgan fingerprint density at radius 2 is 1.63 bits per heavy atom. The van der Waals surface area contributed by atoms with Gasteiger partial charge in [0.25, 0.3) is 5.91 Å². The molecule has 0 saturated heterocycles. The van der Waals surface area contributed by atoms with Crippen molar-refractivity contribution in [3.63, 3.8) is 0 Å². The maximum Gasteiger partial charge on any atom is 0.258 e. The fourth-order valence-electron chi connectivity index (χ4n) is 2.35. The fraction of sp³-hybridized carbons (Fsp3) is 0.316. The summed E-state index contributed by atoms with van der Waals surface area (Å²) in [5.74, 6) is 0.981. The van der Waals surface area contributed by atoms with Crippen molar-refractivity contribution < 1.29 is 22.7 Å². The van der Waals surface area contributed by atoms with Crippen molar-refractivity contribution in [3.8, 4) is 11.5 Å². The third-order valence-electron chi connectivity index (χ3n) is 4.06. The molecule has 0 fully saturated rings. The molecule has 0 heterocycles. The summed E-state index contributed by atoms with van der Waals surface area (Å²) >= 11 is 0. The van der Waals surface area contributed by atoms with Gasteiger partial charge in [0.2, 0.25) is 10.0 Å². The molecular weight excluding hydrogens is 368 g/mol. The first kappa shape index (κ1) is 20.6. The highest BCUT2D eigenvalue weighted by atomic mass is 32.2. The molecule has 2 rings (SSSR count). The highest BCUT2D eigenvalue weighted by Gasteiger charge is 2.13. The van der Waals surface area contributed by atoms with Crippen LogP contribution in [0.1, 0.15) is 18.5 Å². The number of amides is 1. The molecule has 146 valence electrons. The van der Waals surface area contributed by atoms with Gasteiger partial charge in [0.1, 0.15) is 11.5 Å². The SMILES string of the molecule is COc1ccc([C@H](C)NC(=O)COc2ccc(N(C)S(C)(=O)=O)cc2)cc1. The molecule has 0 saturated carbocycles. The van der Waals surface area contributed by atoms with Crippen molar-refractivity contribution in [1.82, 2.24) is 5.32 Å². The molecule has 0 bridgehead atoms. The van der Waals surface area contributed by atoms with Crippen LogP contribution in [-0.4, -0.2) is 41.3 Å². The molecule has 0 aromatic heterocycles. The smallest absolute Gasteiger partial charge is 0.258 e. The van der Waals surface area contributed by atoms with Gasteiger partial charge in [0, 0.05) is 7.05 Å². The number of rotatable bonds is 8. The van der Waals surface area contributed by atoms with Crippen LogP contribution in [0.4, 0.5) is 5.69 Å². The van der Waals surface area contributed by atoms with Gasteiger partial charge < -0.3 is 14.8 Å². The summed E-state index contributed by atoms with van der Waals surface area (Å²) < 4.78 is 34.8. The average Bonchev–Trinajstić information content (AvgIpc) is 2.65. The van der Waals surface area contributed by atoms with Crippen molar-refractivity contribution in [1.29, 1.82) is 0 Å². The Morgan fingerprint density at radius 1 is 1.07 bits per heavy atom. The lowest BCUT2D eigenvalue weighted by molar-refractivity contribution is -0.123. The third-order valence-corrected chi connectivity index (χ3v) is 5.27. The van der Waals surface area contributed by atoms with Crippen molar-refractivity contribution in [2.75, 3.05) is 31.3 Å². The number of carbonyl (C=O) groups excluding carboxylic acids is 1. The summed E-state index contributed by atoms with van der Waals surface area (Å²) in [6, 6.07) is 13.8. The lowest BCUT2D eigenvalue weighted by atomic mass is 10.1. The normalized spacial score (nSPS) is 12.1. The lowest BCUT2D eigenvalue weighted by Gasteiger charge is -2.17. The summed E-state index contributed by atoms with van der Waals surface area (Å²) in [5, 5.41) is 2.86. The molecule has 27 heavy (non-hydrogen) atoms. The van der Waals surface area contributed by atoms with E-state index in [-0.39, 0.29) is 18.6 Å². The number of sulfonamides is 1. The number of nitrogens with zero attached hydrogens (tertiary/aromatic N) is 1. The van der Waals surface area contributed by atoms with Crippen LogP contribution in [0.3, 0.4) is 0 Å². The summed E-state index contributed by atoms with van der Waals surface area (Å²) in [7, 11) is -0.246. The van der Waals surface area contributed by atoms with E-state index in [1.54, 1.807) is 31.4 Å². The first-order chi connectivity index (χ1) is 12.7. The van der Waals surface area contributed by atoms with E-state index in [2.05, 4.69) is 5.32 Å². The standard InChI is InChI=1S/C19H24N2O5S/c1-14(15-5-9-17(25-3)10-6-15)20-19(22)13-26-18-11-7-16(8-12-18)21(2)27(4,23)24/h5-12,14H,13H2,1-4H3,(H,20,22)/t14-/m0/s1. The molecule has 8 heteroatoms. The molecule has 2 aromatic rings. The molecule has 2 aromatic carbocycles. The molecule has 1 atom stereocenters. The number of carbonyl (C=O) groups is 1. The molecule has 1 amide bonds. The van der Waals surface area contributed by atoms with Crippen molar-refractivity contribution in [3.05, 3.63) is 54.1 Å². The lowest BCUT2D eigenvalue weighted by Crippen LogP contribution is -2.31. The first-order valence-electron chi connectivity index (χ1n) is 8.31. The summed E-state index contributed by atoms with van der Waals surface area (Å²) in [5.41, 5.74) is 1.47. The van der Waals surface area contributed by atoms with E-state index < -0.39 is 10.0 Å². The van der Waals surface area contributed by atoms with E-state index in [9.17, 15) is 13.2 Å². The highest BCUT2D eigenvalue weighted by molar-refractivity contribution is 7.92. The average molecular weight is 392 g/mol. The van der Waals surface area contributed by atoms with Crippen LogP contribution < -0.4 is 19.1 Å². The number of anilines is 1. The zero-order chi connectivity index (χ0) is 20.0. The summed E-state index contributed by atoms with van der Waals surface area (Å²) in [6.45, 7) is 1.75. The van der Waals surface area contributed by atoms with Crippen LogP contribution in [0.15, 0.2) is 48.5 Å². The van der Waals surface area contributed by atoms with E-state index in [0.717, 1.165) is 17.6 Å². The third kappa shape index (κ3) is 5.89. The zero-order valence-electron chi connectivity index (χ0n) is 15.8. The van der Waals surface area contributed by atoms with E-state index in [0.29, 0.717) is 11.4 Å². The van der Waals surface area contributed by atoms with Gasteiger partial charge in [-0.3, -0.25) is 9.10 Å². The Hall–Kier alpha value is -2.74. The second-order valence-electron chi connectivity index (χ2n) is 6.08. The second kappa shape index (κ2) is 8.77. The molecule has 0 spiro atoms. The largest absolute Gasteiger partial charge is 0.497 e. The molecule has 0 radical (unpaired) electrons. The van der Waals surface area contributed by atoms with E-state index in [1.807, 2.05) is 31.2 Å².